The maximum absolute atomic E-state index is 12.7. The summed E-state index contributed by atoms with van der Waals surface area (Å²) in [6.07, 6.45) is 0. The highest BCUT2D eigenvalue weighted by Crippen LogP contribution is 2.28. The molecule has 0 aliphatic carbocycles. The van der Waals surface area contributed by atoms with Crippen molar-refractivity contribution >= 4 is 21.6 Å². The first-order valence-electron chi connectivity index (χ1n) is 11.2. The summed E-state index contributed by atoms with van der Waals surface area (Å²) in [6, 6.07) is 15.3. The van der Waals surface area contributed by atoms with Gasteiger partial charge in [-0.1, -0.05) is 38.1 Å². The SMILES string of the molecule is COc1ccccc1N1CCN(S(=O)(=O)CCNC(=O)COc2ccc(C(C)C)cc2)CC1. The Morgan fingerprint density at radius 1 is 1.03 bits per heavy atom. The number of hydrogen-bond acceptors (Lipinski definition) is 6. The van der Waals surface area contributed by atoms with Crippen molar-refractivity contribution in [1.82, 2.24) is 9.62 Å². The molecule has 0 unspecified atom stereocenters. The summed E-state index contributed by atoms with van der Waals surface area (Å²) >= 11 is 0. The van der Waals surface area contributed by atoms with E-state index in [9.17, 15) is 13.2 Å². The Hall–Kier alpha value is -2.78. The fraction of sp³-hybridized carbons (Fsp3) is 0.458. The van der Waals surface area contributed by atoms with Crippen molar-refractivity contribution in [2.45, 2.75) is 19.8 Å². The summed E-state index contributed by atoms with van der Waals surface area (Å²) in [4.78, 5) is 14.2. The summed E-state index contributed by atoms with van der Waals surface area (Å²) in [5.41, 5.74) is 2.16. The molecule has 1 N–H and O–H groups in total. The summed E-state index contributed by atoms with van der Waals surface area (Å²) in [6.45, 7) is 6.05. The van der Waals surface area contributed by atoms with E-state index in [-0.39, 0.29) is 24.8 Å². The minimum Gasteiger partial charge on any atom is -0.495 e. The maximum atomic E-state index is 12.7. The van der Waals surface area contributed by atoms with Crippen LogP contribution in [0.5, 0.6) is 11.5 Å². The fourth-order valence-electron chi connectivity index (χ4n) is 3.70. The number of nitrogens with zero attached hydrogens (tertiary/aromatic N) is 2. The highest BCUT2D eigenvalue weighted by molar-refractivity contribution is 7.89. The van der Waals surface area contributed by atoms with Gasteiger partial charge >= 0.3 is 0 Å². The van der Waals surface area contributed by atoms with Crippen molar-refractivity contribution in [2.75, 3.05) is 57.1 Å². The van der Waals surface area contributed by atoms with Gasteiger partial charge in [0, 0.05) is 32.7 Å². The molecule has 1 fully saturated rings. The first-order valence-corrected chi connectivity index (χ1v) is 12.8. The van der Waals surface area contributed by atoms with Crippen LogP contribution in [0.4, 0.5) is 5.69 Å². The fourth-order valence-corrected chi connectivity index (χ4v) is 5.03. The quantitative estimate of drug-likeness (QED) is 0.568. The van der Waals surface area contributed by atoms with Crippen molar-refractivity contribution in [3.63, 3.8) is 0 Å². The van der Waals surface area contributed by atoms with Crippen molar-refractivity contribution in [3.8, 4) is 11.5 Å². The molecule has 180 valence electrons. The summed E-state index contributed by atoms with van der Waals surface area (Å²) in [5, 5.41) is 2.63. The van der Waals surface area contributed by atoms with Crippen LogP contribution < -0.4 is 19.7 Å². The lowest BCUT2D eigenvalue weighted by Gasteiger charge is -2.35. The van der Waals surface area contributed by atoms with E-state index in [0.717, 1.165) is 11.4 Å². The lowest BCUT2D eigenvalue weighted by Crippen LogP contribution is -2.50. The third-order valence-corrected chi connectivity index (χ3v) is 7.53. The van der Waals surface area contributed by atoms with E-state index in [1.54, 1.807) is 7.11 Å². The Morgan fingerprint density at radius 2 is 1.70 bits per heavy atom. The normalized spacial score (nSPS) is 14.8. The number of rotatable bonds is 10. The Morgan fingerprint density at radius 3 is 2.33 bits per heavy atom. The van der Waals surface area contributed by atoms with E-state index >= 15 is 0 Å². The molecule has 1 aliphatic heterocycles. The molecule has 1 heterocycles. The van der Waals surface area contributed by atoms with Gasteiger partial charge < -0.3 is 19.7 Å². The first kappa shape index (κ1) is 24.9. The average molecular weight is 476 g/mol. The molecule has 3 rings (SSSR count). The van der Waals surface area contributed by atoms with Crippen LogP contribution >= 0.6 is 0 Å². The zero-order valence-corrected chi connectivity index (χ0v) is 20.3. The van der Waals surface area contributed by atoms with Gasteiger partial charge in [-0.3, -0.25) is 4.79 Å². The Bertz CT molecular complexity index is 1020. The molecular weight excluding hydrogens is 442 g/mol. The monoisotopic (exact) mass is 475 g/mol. The average Bonchev–Trinajstić information content (AvgIpc) is 2.83. The Labute approximate surface area is 196 Å². The molecule has 1 aliphatic rings. The molecule has 2 aromatic rings. The molecule has 0 radical (unpaired) electrons. The molecule has 1 saturated heterocycles. The molecule has 2 aromatic carbocycles. The van der Waals surface area contributed by atoms with Crippen molar-refractivity contribution in [1.29, 1.82) is 0 Å². The molecule has 33 heavy (non-hydrogen) atoms. The predicted molar refractivity (Wildman–Crippen MR) is 130 cm³/mol. The number of para-hydroxylation sites is 2. The van der Waals surface area contributed by atoms with Crippen LogP contribution in [-0.4, -0.2) is 70.8 Å². The molecule has 0 saturated carbocycles. The number of carbonyl (C=O) groups is 1. The van der Waals surface area contributed by atoms with E-state index in [1.807, 2.05) is 48.5 Å². The molecule has 0 atom stereocenters. The number of ether oxygens (including phenoxy) is 2. The predicted octanol–water partition coefficient (Wildman–Crippen LogP) is 2.47. The smallest absolute Gasteiger partial charge is 0.257 e. The zero-order chi connectivity index (χ0) is 23.8. The van der Waals surface area contributed by atoms with Gasteiger partial charge in [0.25, 0.3) is 5.91 Å². The number of carbonyl (C=O) groups excluding carboxylic acids is 1. The maximum Gasteiger partial charge on any atom is 0.257 e. The van der Waals surface area contributed by atoms with Crippen LogP contribution in [0.3, 0.4) is 0 Å². The Balaban J connectivity index is 1.40. The summed E-state index contributed by atoms with van der Waals surface area (Å²) in [7, 11) is -1.83. The van der Waals surface area contributed by atoms with Crippen molar-refractivity contribution in [3.05, 3.63) is 54.1 Å². The van der Waals surface area contributed by atoms with E-state index in [2.05, 4.69) is 24.1 Å². The lowest BCUT2D eigenvalue weighted by molar-refractivity contribution is -0.122. The number of benzene rings is 2. The van der Waals surface area contributed by atoms with Crippen molar-refractivity contribution < 1.29 is 22.7 Å². The standard InChI is InChI=1S/C24H33N3O5S/c1-19(2)20-8-10-21(11-9-20)32-18-24(28)25-12-17-33(29,30)27-15-13-26(14-16-27)22-6-4-5-7-23(22)31-3/h4-11,19H,12-18H2,1-3H3,(H,25,28). The number of nitrogens with one attached hydrogen (secondary N) is 1. The lowest BCUT2D eigenvalue weighted by atomic mass is 10.0. The highest BCUT2D eigenvalue weighted by atomic mass is 32.2. The van der Waals surface area contributed by atoms with Crippen LogP contribution in [0.15, 0.2) is 48.5 Å². The number of sulfonamides is 1. The molecule has 0 spiro atoms. The van der Waals surface area contributed by atoms with E-state index in [1.165, 1.54) is 9.87 Å². The van der Waals surface area contributed by atoms with Crippen LogP contribution in [-0.2, 0) is 14.8 Å². The number of piperazine rings is 1. The van der Waals surface area contributed by atoms with E-state index < -0.39 is 10.0 Å². The van der Waals surface area contributed by atoms with Crippen LogP contribution in [0.25, 0.3) is 0 Å². The first-order chi connectivity index (χ1) is 15.8. The second kappa shape index (κ2) is 11.4. The van der Waals surface area contributed by atoms with Crippen LogP contribution in [0, 0.1) is 0 Å². The van der Waals surface area contributed by atoms with E-state index in [4.69, 9.17) is 9.47 Å². The second-order valence-corrected chi connectivity index (χ2v) is 10.3. The largest absolute Gasteiger partial charge is 0.495 e. The van der Waals surface area contributed by atoms with Gasteiger partial charge in [-0.15, -0.1) is 0 Å². The highest BCUT2D eigenvalue weighted by Gasteiger charge is 2.27. The van der Waals surface area contributed by atoms with Gasteiger partial charge in [-0.2, -0.15) is 4.31 Å². The molecular formula is C24H33N3O5S. The number of hydrogen-bond donors (Lipinski definition) is 1. The summed E-state index contributed by atoms with van der Waals surface area (Å²) in [5.74, 6) is 1.31. The topological polar surface area (TPSA) is 88.2 Å². The molecule has 9 heteroatoms. The van der Waals surface area contributed by atoms with Gasteiger partial charge in [0.15, 0.2) is 6.61 Å². The van der Waals surface area contributed by atoms with Gasteiger partial charge in [-0.25, -0.2) is 8.42 Å². The molecule has 1 amide bonds. The third-order valence-electron chi connectivity index (χ3n) is 5.66. The van der Waals surface area contributed by atoms with Gasteiger partial charge in [0.1, 0.15) is 11.5 Å². The summed E-state index contributed by atoms with van der Waals surface area (Å²) < 4.78 is 37.8. The number of methoxy groups -OCH3 is 1. The molecule has 0 aromatic heterocycles. The van der Waals surface area contributed by atoms with Gasteiger partial charge in [0.2, 0.25) is 10.0 Å². The van der Waals surface area contributed by atoms with Gasteiger partial charge in [-0.05, 0) is 35.7 Å². The molecule has 8 nitrogen and oxygen atoms in total. The number of amides is 1. The van der Waals surface area contributed by atoms with Crippen molar-refractivity contribution in [2.24, 2.45) is 0 Å². The van der Waals surface area contributed by atoms with Crippen LogP contribution in [0.1, 0.15) is 25.3 Å². The zero-order valence-electron chi connectivity index (χ0n) is 19.5. The minimum absolute atomic E-state index is 0.0452. The third kappa shape index (κ3) is 6.85. The number of anilines is 1. The molecule has 0 bridgehead atoms. The Kier molecular flexibility index (Phi) is 8.57. The van der Waals surface area contributed by atoms with Gasteiger partial charge in [0.05, 0.1) is 18.6 Å². The second-order valence-electron chi connectivity index (χ2n) is 8.24. The van der Waals surface area contributed by atoms with Crippen LogP contribution in [0.2, 0.25) is 0 Å². The van der Waals surface area contributed by atoms with E-state index in [0.29, 0.717) is 37.8 Å². The minimum atomic E-state index is -3.46.